The number of rotatable bonds is 5. The summed E-state index contributed by atoms with van der Waals surface area (Å²) in [6.45, 7) is 3.66. The molecule has 1 aliphatic rings. The Labute approximate surface area is 135 Å². The van der Waals surface area contributed by atoms with Crippen molar-refractivity contribution in [3.8, 4) is 0 Å². The van der Waals surface area contributed by atoms with Crippen LogP contribution in [0.1, 0.15) is 25.8 Å². The Kier molecular flexibility index (Phi) is 5.79. The molecule has 0 unspecified atom stereocenters. The van der Waals surface area contributed by atoms with Crippen LogP contribution in [0.4, 0.5) is 0 Å². The van der Waals surface area contributed by atoms with Crippen LogP contribution < -0.4 is 0 Å². The molecule has 1 fully saturated rings. The molecule has 0 aromatic heterocycles. The van der Waals surface area contributed by atoms with Crippen LogP contribution in [0.15, 0.2) is 30.3 Å². The number of benzene rings is 1. The number of aliphatic hydroxyl groups is 1. The van der Waals surface area contributed by atoms with E-state index in [9.17, 15) is 9.90 Å². The van der Waals surface area contributed by atoms with Gasteiger partial charge >= 0.3 is 0 Å². The highest BCUT2D eigenvalue weighted by Crippen LogP contribution is 2.29. The summed E-state index contributed by atoms with van der Waals surface area (Å²) >= 11 is 6.89. The smallest absolute Gasteiger partial charge is 0.233 e. The van der Waals surface area contributed by atoms with Crippen LogP contribution in [-0.4, -0.2) is 38.1 Å². The molecule has 1 aliphatic heterocycles. The van der Waals surface area contributed by atoms with Crippen LogP contribution in [0.2, 0.25) is 0 Å². The highest BCUT2D eigenvalue weighted by Gasteiger charge is 2.37. The van der Waals surface area contributed by atoms with E-state index in [1.165, 1.54) is 5.56 Å². The normalized spacial score (nSPS) is 21.4. The number of amides is 1. The maximum absolute atomic E-state index is 12.6. The molecule has 1 aromatic rings. The van der Waals surface area contributed by atoms with E-state index in [0.29, 0.717) is 10.7 Å². The van der Waals surface area contributed by atoms with Crippen molar-refractivity contribution in [2.45, 2.75) is 38.8 Å². The minimum atomic E-state index is -0.608. The van der Waals surface area contributed by atoms with Gasteiger partial charge in [-0.25, -0.2) is 0 Å². The minimum Gasteiger partial charge on any atom is -0.392 e. The van der Waals surface area contributed by atoms with Crippen LogP contribution >= 0.6 is 24.0 Å². The Morgan fingerprint density at radius 3 is 2.76 bits per heavy atom. The summed E-state index contributed by atoms with van der Waals surface area (Å²) in [5.74, 6) is 0.360. The molecule has 3 nitrogen and oxygen atoms in total. The zero-order valence-electron chi connectivity index (χ0n) is 12.4. The van der Waals surface area contributed by atoms with Gasteiger partial charge in [-0.2, -0.15) is 0 Å². The molecule has 0 saturated carbocycles. The summed E-state index contributed by atoms with van der Waals surface area (Å²) in [5, 5.41) is 9.92. The number of carbonyl (C=O) groups excluding carboxylic acids is 1. The first-order valence-corrected chi connectivity index (χ1v) is 8.65. The van der Waals surface area contributed by atoms with Crippen molar-refractivity contribution in [3.05, 3.63) is 35.9 Å². The largest absolute Gasteiger partial charge is 0.392 e. The highest BCUT2D eigenvalue weighted by molar-refractivity contribution is 8.23. The fraction of sp³-hybridized carbons (Fsp3) is 0.500. The second kappa shape index (κ2) is 7.38. The molecule has 5 heteroatoms. The van der Waals surface area contributed by atoms with Gasteiger partial charge in [-0.05, 0) is 18.4 Å². The monoisotopic (exact) mass is 323 g/mol. The molecule has 0 bridgehead atoms. The van der Waals surface area contributed by atoms with Crippen LogP contribution in [0.25, 0.3) is 0 Å². The van der Waals surface area contributed by atoms with Gasteiger partial charge in [-0.3, -0.25) is 9.69 Å². The lowest BCUT2D eigenvalue weighted by molar-refractivity contribution is -0.135. The van der Waals surface area contributed by atoms with E-state index in [1.807, 2.05) is 25.1 Å². The first-order valence-electron chi connectivity index (χ1n) is 7.26. The van der Waals surface area contributed by atoms with Crippen molar-refractivity contribution < 1.29 is 9.90 Å². The molecule has 3 atom stereocenters. The Morgan fingerprint density at radius 1 is 1.48 bits per heavy atom. The van der Waals surface area contributed by atoms with Gasteiger partial charge in [0.2, 0.25) is 5.91 Å². The lowest BCUT2D eigenvalue weighted by Crippen LogP contribution is -2.45. The van der Waals surface area contributed by atoms with Crippen LogP contribution in [0, 0.1) is 5.92 Å². The third-order valence-electron chi connectivity index (χ3n) is 3.90. The van der Waals surface area contributed by atoms with Crippen LogP contribution in [0.3, 0.4) is 0 Å². The van der Waals surface area contributed by atoms with Gasteiger partial charge in [-0.1, -0.05) is 68.2 Å². The first-order chi connectivity index (χ1) is 10.0. The number of carbonyl (C=O) groups is 1. The van der Waals surface area contributed by atoms with E-state index in [-0.39, 0.29) is 11.9 Å². The quantitative estimate of drug-likeness (QED) is 0.846. The Balaban J connectivity index is 2.11. The maximum atomic E-state index is 12.6. The average molecular weight is 323 g/mol. The van der Waals surface area contributed by atoms with Crippen molar-refractivity contribution in [1.29, 1.82) is 0 Å². The second-order valence-corrected chi connectivity index (χ2v) is 7.05. The predicted octanol–water partition coefficient (Wildman–Crippen LogP) is 2.87. The van der Waals surface area contributed by atoms with E-state index in [0.717, 1.165) is 12.2 Å². The molecular weight excluding hydrogens is 302 g/mol. The van der Waals surface area contributed by atoms with E-state index in [4.69, 9.17) is 12.2 Å². The summed E-state index contributed by atoms with van der Waals surface area (Å²) < 4.78 is 0.635. The summed E-state index contributed by atoms with van der Waals surface area (Å²) in [7, 11) is 0. The lowest BCUT2D eigenvalue weighted by atomic mass is 9.99. The van der Waals surface area contributed by atoms with E-state index in [2.05, 4.69) is 12.1 Å². The van der Waals surface area contributed by atoms with Gasteiger partial charge in [0, 0.05) is 5.75 Å². The Bertz CT molecular complexity index is 506. The lowest BCUT2D eigenvalue weighted by Gasteiger charge is -2.28. The van der Waals surface area contributed by atoms with Crippen molar-refractivity contribution in [2.24, 2.45) is 5.92 Å². The number of hydrogen-bond donors (Lipinski definition) is 1. The minimum absolute atomic E-state index is 0.0553. The Hall–Kier alpha value is -0.910. The van der Waals surface area contributed by atoms with Gasteiger partial charge in [0.15, 0.2) is 0 Å². The summed E-state index contributed by atoms with van der Waals surface area (Å²) in [5.41, 5.74) is 1.20. The number of thioether (sulfide) groups is 1. The molecule has 1 saturated heterocycles. The first kappa shape index (κ1) is 16.5. The number of thiocarbonyl (C=S) groups is 1. The average Bonchev–Trinajstić information content (AvgIpc) is 2.86. The van der Waals surface area contributed by atoms with Gasteiger partial charge in [0.25, 0.3) is 0 Å². The molecule has 0 aliphatic carbocycles. The molecule has 21 heavy (non-hydrogen) atoms. The molecule has 0 spiro atoms. The summed E-state index contributed by atoms with van der Waals surface area (Å²) in [6.07, 6.45) is 0.766. The fourth-order valence-corrected chi connectivity index (χ4v) is 3.93. The van der Waals surface area contributed by atoms with E-state index < -0.39 is 12.0 Å². The molecule has 1 heterocycles. The van der Waals surface area contributed by atoms with Crippen molar-refractivity contribution in [1.82, 2.24) is 4.90 Å². The van der Waals surface area contributed by atoms with Crippen LogP contribution in [-0.2, 0) is 11.2 Å². The molecular formula is C16H21NO2S2. The summed E-state index contributed by atoms with van der Waals surface area (Å²) in [4.78, 5) is 14.3. The van der Waals surface area contributed by atoms with Crippen molar-refractivity contribution in [3.63, 3.8) is 0 Å². The third kappa shape index (κ3) is 3.84. The highest BCUT2D eigenvalue weighted by atomic mass is 32.2. The van der Waals surface area contributed by atoms with E-state index >= 15 is 0 Å². The standard InChI is InChI=1S/C16H21NO2S2/c1-3-14(18)11(2)15(19)17-13(10-21-16(17)20)9-12-7-5-4-6-8-12/h4-8,11,13-14,18H,3,9-10H2,1-2H3/t11-,13+,14+/m0/s1. The molecule has 2 rings (SSSR count). The van der Waals surface area contributed by atoms with Gasteiger partial charge in [0.05, 0.1) is 18.1 Å². The zero-order chi connectivity index (χ0) is 15.4. The molecule has 1 aromatic carbocycles. The molecule has 114 valence electrons. The number of nitrogens with zero attached hydrogens (tertiary/aromatic N) is 1. The molecule has 0 radical (unpaired) electrons. The second-order valence-electron chi connectivity index (χ2n) is 5.39. The van der Waals surface area contributed by atoms with Crippen molar-refractivity contribution >= 4 is 34.2 Å². The number of hydrogen-bond acceptors (Lipinski definition) is 4. The van der Waals surface area contributed by atoms with Gasteiger partial charge in [0.1, 0.15) is 4.32 Å². The van der Waals surface area contributed by atoms with Gasteiger partial charge < -0.3 is 5.11 Å². The van der Waals surface area contributed by atoms with Gasteiger partial charge in [-0.15, -0.1) is 0 Å². The zero-order valence-corrected chi connectivity index (χ0v) is 14.0. The molecule has 1 amide bonds. The topological polar surface area (TPSA) is 40.5 Å². The van der Waals surface area contributed by atoms with Crippen LogP contribution in [0.5, 0.6) is 0 Å². The molecule has 1 N–H and O–H groups in total. The van der Waals surface area contributed by atoms with E-state index in [1.54, 1.807) is 23.6 Å². The Morgan fingerprint density at radius 2 is 2.14 bits per heavy atom. The fourth-order valence-electron chi connectivity index (χ4n) is 2.50. The van der Waals surface area contributed by atoms with Crippen molar-refractivity contribution in [2.75, 3.05) is 5.75 Å². The maximum Gasteiger partial charge on any atom is 0.233 e. The SMILES string of the molecule is CC[C@@H](O)[C@H](C)C(=O)N1C(=S)SC[C@H]1Cc1ccccc1. The third-order valence-corrected chi connectivity index (χ3v) is 5.44. The number of aliphatic hydroxyl groups excluding tert-OH is 1. The predicted molar refractivity (Wildman–Crippen MR) is 91.3 cm³/mol. The summed E-state index contributed by atoms with van der Waals surface area (Å²) in [6, 6.07) is 10.2.